The summed E-state index contributed by atoms with van der Waals surface area (Å²) in [5.74, 6) is 1.19. The highest BCUT2D eigenvalue weighted by Crippen LogP contribution is 2.14. The number of hydrogen-bond donors (Lipinski definition) is 2. The Kier molecular flexibility index (Phi) is 5.28. The Morgan fingerprint density at radius 3 is 2.81 bits per heavy atom. The highest BCUT2D eigenvalue weighted by atomic mass is 16.5. The minimum Gasteiger partial charge on any atom is -0.381 e. The molecule has 5 nitrogen and oxygen atoms in total. The lowest BCUT2D eigenvalue weighted by Gasteiger charge is -2.11. The molecule has 92 valence electrons. The third-order valence-electron chi connectivity index (χ3n) is 2.20. The van der Waals surface area contributed by atoms with Crippen molar-refractivity contribution in [3.8, 4) is 0 Å². The molecule has 1 unspecified atom stereocenters. The molecule has 0 fully saturated rings. The average molecular weight is 227 g/mol. The maximum Gasteiger partial charge on any atom is 0.167 e. The van der Waals surface area contributed by atoms with Gasteiger partial charge in [-0.1, -0.05) is 5.16 Å². The lowest BCUT2D eigenvalue weighted by atomic mass is 10.2. The lowest BCUT2D eigenvalue weighted by Crippen LogP contribution is -2.21. The number of hydrogen-bond acceptors (Lipinski definition) is 5. The zero-order valence-corrected chi connectivity index (χ0v) is 10.2. The van der Waals surface area contributed by atoms with Crippen LogP contribution in [0.4, 0.5) is 5.82 Å². The maximum absolute atomic E-state index is 5.47. The van der Waals surface area contributed by atoms with Gasteiger partial charge in [0.05, 0.1) is 12.1 Å². The fourth-order valence-electron chi connectivity index (χ4n) is 1.32. The van der Waals surface area contributed by atoms with Gasteiger partial charge in [0.2, 0.25) is 0 Å². The van der Waals surface area contributed by atoms with Crippen molar-refractivity contribution in [1.29, 1.82) is 0 Å². The van der Waals surface area contributed by atoms with Gasteiger partial charge in [0.25, 0.3) is 0 Å². The summed E-state index contributed by atoms with van der Waals surface area (Å²) < 4.78 is 10.5. The summed E-state index contributed by atoms with van der Waals surface area (Å²) >= 11 is 0. The van der Waals surface area contributed by atoms with Gasteiger partial charge in [0.15, 0.2) is 11.6 Å². The Labute approximate surface area is 96.3 Å². The molecular formula is C11H21N3O2. The number of ether oxygens (including phenoxy) is 1. The lowest BCUT2D eigenvalue weighted by molar-refractivity contribution is 0.0766. The van der Waals surface area contributed by atoms with Crippen LogP contribution in [0.5, 0.6) is 0 Å². The van der Waals surface area contributed by atoms with Crippen LogP contribution in [0.2, 0.25) is 0 Å². The van der Waals surface area contributed by atoms with Crippen LogP contribution in [0.3, 0.4) is 0 Å². The Balaban J connectivity index is 2.13. The van der Waals surface area contributed by atoms with E-state index in [4.69, 9.17) is 15.0 Å². The van der Waals surface area contributed by atoms with E-state index in [0.717, 1.165) is 25.3 Å². The standard InChI is InChI=1S/C11H21N3O2/c1-8(2)15-6-4-5-13-9(3)10-7-11(12)14-16-10/h7-9,13H,4-6H2,1-3H3,(H2,12,14). The second kappa shape index (κ2) is 6.50. The molecule has 0 bridgehead atoms. The first-order valence-corrected chi connectivity index (χ1v) is 5.66. The third kappa shape index (κ3) is 4.63. The Morgan fingerprint density at radius 2 is 2.25 bits per heavy atom. The number of rotatable bonds is 7. The molecule has 0 aliphatic heterocycles. The van der Waals surface area contributed by atoms with Crippen LogP contribution >= 0.6 is 0 Å². The zero-order chi connectivity index (χ0) is 12.0. The highest BCUT2D eigenvalue weighted by molar-refractivity contribution is 5.27. The summed E-state index contributed by atoms with van der Waals surface area (Å²) in [5.41, 5.74) is 5.47. The molecule has 0 aliphatic carbocycles. The molecular weight excluding hydrogens is 206 g/mol. The SMILES string of the molecule is CC(C)OCCCNC(C)c1cc(N)no1. The van der Waals surface area contributed by atoms with Crippen LogP contribution in [0.15, 0.2) is 10.6 Å². The van der Waals surface area contributed by atoms with Crippen molar-refractivity contribution in [2.75, 3.05) is 18.9 Å². The first kappa shape index (κ1) is 13.0. The van der Waals surface area contributed by atoms with Crippen LogP contribution in [-0.4, -0.2) is 24.4 Å². The molecule has 0 aliphatic rings. The molecule has 16 heavy (non-hydrogen) atoms. The Morgan fingerprint density at radius 1 is 1.50 bits per heavy atom. The van der Waals surface area contributed by atoms with E-state index in [1.54, 1.807) is 6.07 Å². The molecule has 5 heteroatoms. The Hall–Kier alpha value is -1.07. The predicted octanol–water partition coefficient (Wildman–Crippen LogP) is 1.72. The summed E-state index contributed by atoms with van der Waals surface area (Å²) in [5, 5.41) is 6.96. The van der Waals surface area contributed by atoms with E-state index in [1.807, 2.05) is 20.8 Å². The van der Waals surface area contributed by atoms with Gasteiger partial charge in [-0.25, -0.2) is 0 Å². The summed E-state index contributed by atoms with van der Waals surface area (Å²) in [7, 11) is 0. The van der Waals surface area contributed by atoms with Crippen LogP contribution in [0.25, 0.3) is 0 Å². The van der Waals surface area contributed by atoms with Crippen LogP contribution in [-0.2, 0) is 4.74 Å². The molecule has 0 spiro atoms. The van der Waals surface area contributed by atoms with E-state index >= 15 is 0 Å². The molecule has 0 amide bonds. The zero-order valence-electron chi connectivity index (χ0n) is 10.2. The van der Waals surface area contributed by atoms with E-state index in [2.05, 4.69) is 10.5 Å². The molecule has 3 N–H and O–H groups in total. The van der Waals surface area contributed by atoms with E-state index < -0.39 is 0 Å². The monoisotopic (exact) mass is 227 g/mol. The van der Waals surface area contributed by atoms with E-state index in [-0.39, 0.29) is 6.04 Å². The molecule has 0 aromatic carbocycles. The van der Waals surface area contributed by atoms with Crippen LogP contribution in [0, 0.1) is 0 Å². The molecule has 0 radical (unpaired) electrons. The number of nitrogens with one attached hydrogen (secondary N) is 1. The second-order valence-electron chi connectivity index (χ2n) is 4.10. The van der Waals surface area contributed by atoms with Crippen molar-refractivity contribution < 1.29 is 9.26 Å². The van der Waals surface area contributed by atoms with Gasteiger partial charge in [-0.3, -0.25) is 0 Å². The maximum atomic E-state index is 5.47. The van der Waals surface area contributed by atoms with Crippen molar-refractivity contribution in [3.05, 3.63) is 11.8 Å². The Bertz CT molecular complexity index is 299. The van der Waals surface area contributed by atoms with Gasteiger partial charge < -0.3 is 20.3 Å². The van der Waals surface area contributed by atoms with Crippen molar-refractivity contribution in [3.63, 3.8) is 0 Å². The van der Waals surface area contributed by atoms with Crippen LogP contribution in [0.1, 0.15) is 39.0 Å². The first-order valence-electron chi connectivity index (χ1n) is 5.66. The quantitative estimate of drug-likeness (QED) is 0.694. The molecule has 1 aromatic heterocycles. The summed E-state index contributed by atoms with van der Waals surface area (Å²) in [6, 6.07) is 1.87. The van der Waals surface area contributed by atoms with Gasteiger partial charge >= 0.3 is 0 Å². The van der Waals surface area contributed by atoms with Gasteiger partial charge in [-0.05, 0) is 33.7 Å². The van der Waals surface area contributed by atoms with Crippen molar-refractivity contribution >= 4 is 5.82 Å². The topological polar surface area (TPSA) is 73.3 Å². The highest BCUT2D eigenvalue weighted by Gasteiger charge is 2.09. The van der Waals surface area contributed by atoms with Gasteiger partial charge in [0, 0.05) is 12.7 Å². The molecule has 0 saturated carbocycles. The first-order chi connectivity index (χ1) is 7.59. The van der Waals surface area contributed by atoms with Crippen molar-refractivity contribution in [2.45, 2.75) is 39.3 Å². The van der Waals surface area contributed by atoms with Crippen molar-refractivity contribution in [1.82, 2.24) is 10.5 Å². The van der Waals surface area contributed by atoms with E-state index in [9.17, 15) is 0 Å². The van der Waals surface area contributed by atoms with Crippen molar-refractivity contribution in [2.24, 2.45) is 0 Å². The number of nitrogens with zero attached hydrogens (tertiary/aromatic N) is 1. The third-order valence-corrected chi connectivity index (χ3v) is 2.20. The smallest absolute Gasteiger partial charge is 0.167 e. The van der Waals surface area contributed by atoms with Gasteiger partial charge in [-0.15, -0.1) is 0 Å². The molecule has 1 atom stereocenters. The largest absolute Gasteiger partial charge is 0.381 e. The minimum atomic E-state index is 0.129. The van der Waals surface area contributed by atoms with Gasteiger partial charge in [-0.2, -0.15) is 0 Å². The fourth-order valence-corrected chi connectivity index (χ4v) is 1.32. The second-order valence-corrected chi connectivity index (χ2v) is 4.10. The molecule has 1 heterocycles. The number of nitrogen functional groups attached to an aromatic ring is 1. The fraction of sp³-hybridized carbons (Fsp3) is 0.727. The van der Waals surface area contributed by atoms with E-state index in [0.29, 0.717) is 11.9 Å². The van der Waals surface area contributed by atoms with Crippen LogP contribution < -0.4 is 11.1 Å². The minimum absolute atomic E-state index is 0.129. The van der Waals surface area contributed by atoms with Gasteiger partial charge in [0.1, 0.15) is 0 Å². The summed E-state index contributed by atoms with van der Waals surface area (Å²) in [6.07, 6.45) is 1.28. The summed E-state index contributed by atoms with van der Waals surface area (Å²) in [6.45, 7) is 7.74. The number of nitrogens with two attached hydrogens (primary N) is 1. The molecule has 1 aromatic rings. The number of anilines is 1. The average Bonchev–Trinajstić information content (AvgIpc) is 2.63. The number of aromatic nitrogens is 1. The molecule has 1 rings (SSSR count). The predicted molar refractivity (Wildman–Crippen MR) is 63.0 cm³/mol. The normalized spacial score (nSPS) is 13.2. The van der Waals surface area contributed by atoms with E-state index in [1.165, 1.54) is 0 Å². The molecule has 0 saturated heterocycles. The summed E-state index contributed by atoms with van der Waals surface area (Å²) in [4.78, 5) is 0.